The molecule has 1 aliphatic carbocycles. The van der Waals surface area contributed by atoms with Crippen LogP contribution in [0, 0.1) is 0 Å². The van der Waals surface area contributed by atoms with Crippen molar-refractivity contribution in [1.82, 2.24) is 14.9 Å². The van der Waals surface area contributed by atoms with Crippen LogP contribution in [0.4, 0.5) is 5.69 Å². The van der Waals surface area contributed by atoms with Crippen molar-refractivity contribution in [3.63, 3.8) is 0 Å². The molecule has 1 aromatic heterocycles. The van der Waals surface area contributed by atoms with Gasteiger partial charge in [0.25, 0.3) is 0 Å². The topological polar surface area (TPSA) is 87.3 Å². The molecule has 5 rings (SSSR count). The zero-order chi connectivity index (χ0) is 26.4. The fraction of sp³-hybridized carbons (Fsp3) is 0.300. The van der Waals surface area contributed by atoms with Crippen LogP contribution in [0.15, 0.2) is 84.0 Å². The molecule has 1 heterocycles. The van der Waals surface area contributed by atoms with Crippen LogP contribution in [0.3, 0.4) is 0 Å². The zero-order valence-electron chi connectivity index (χ0n) is 21.5. The molecule has 0 bridgehead atoms. The molecule has 2 N–H and O–H groups in total. The van der Waals surface area contributed by atoms with Gasteiger partial charge in [0, 0.05) is 12.2 Å². The van der Waals surface area contributed by atoms with Crippen LogP contribution in [-0.2, 0) is 16.1 Å². The van der Waals surface area contributed by atoms with E-state index in [1.165, 1.54) is 11.8 Å². The second-order valence-corrected chi connectivity index (χ2v) is 10.6. The summed E-state index contributed by atoms with van der Waals surface area (Å²) < 4.78 is 5.25. The van der Waals surface area contributed by atoms with E-state index in [4.69, 9.17) is 4.74 Å². The molecule has 7 nitrogen and oxygen atoms in total. The van der Waals surface area contributed by atoms with Crippen LogP contribution in [-0.4, -0.2) is 45.1 Å². The van der Waals surface area contributed by atoms with Crippen LogP contribution < -0.4 is 10.1 Å². The van der Waals surface area contributed by atoms with Crippen LogP contribution >= 0.6 is 11.8 Å². The minimum atomic E-state index is -0.931. The molecular weight excluding hydrogens is 496 g/mol. The zero-order valence-corrected chi connectivity index (χ0v) is 22.3. The van der Waals surface area contributed by atoms with Gasteiger partial charge in [-0.2, -0.15) is 0 Å². The smallest absolute Gasteiger partial charge is 0.250 e. The van der Waals surface area contributed by atoms with Crippen molar-refractivity contribution < 1.29 is 14.3 Å². The summed E-state index contributed by atoms with van der Waals surface area (Å²) in [6.07, 6.45) is 4.10. The molecule has 0 spiro atoms. The summed E-state index contributed by atoms with van der Waals surface area (Å²) in [5, 5.41) is 3.80. The number of nitrogens with zero attached hydrogens (tertiary/aromatic N) is 2. The Hall–Kier alpha value is -3.78. The van der Waals surface area contributed by atoms with E-state index < -0.39 is 5.54 Å². The number of methoxy groups -OCH3 is 1. The first-order valence-electron chi connectivity index (χ1n) is 12.9. The number of H-pyrrole nitrogens is 1. The number of hydrogen-bond donors (Lipinski definition) is 2. The maximum absolute atomic E-state index is 14.0. The fourth-order valence-corrected chi connectivity index (χ4v) is 5.89. The largest absolute Gasteiger partial charge is 0.497 e. The first-order valence-corrected chi connectivity index (χ1v) is 13.9. The molecule has 1 fully saturated rings. The Kier molecular flexibility index (Phi) is 7.98. The fourth-order valence-electron chi connectivity index (χ4n) is 5.13. The van der Waals surface area contributed by atoms with Gasteiger partial charge in [-0.1, -0.05) is 73.5 Å². The number of imidazole rings is 1. The lowest BCUT2D eigenvalue weighted by Crippen LogP contribution is -2.60. The van der Waals surface area contributed by atoms with Crippen molar-refractivity contribution in [3.05, 3.63) is 84.4 Å². The molecule has 0 radical (unpaired) electrons. The Bertz CT molecular complexity index is 1350. The lowest BCUT2D eigenvalue weighted by atomic mass is 9.79. The number of aromatic amines is 1. The first kappa shape index (κ1) is 25.9. The highest BCUT2D eigenvalue weighted by atomic mass is 32.2. The van der Waals surface area contributed by atoms with Gasteiger partial charge in [0.15, 0.2) is 5.16 Å². The highest BCUT2D eigenvalue weighted by molar-refractivity contribution is 7.99. The number of amides is 2. The molecule has 1 saturated carbocycles. The van der Waals surface area contributed by atoms with Crippen molar-refractivity contribution in [2.75, 3.05) is 18.2 Å². The highest BCUT2D eigenvalue weighted by Crippen LogP contribution is 2.37. The minimum absolute atomic E-state index is 0.0777. The summed E-state index contributed by atoms with van der Waals surface area (Å²) in [5.74, 6) is 0.690. The normalized spacial score (nSPS) is 14.7. The Morgan fingerprint density at radius 2 is 1.68 bits per heavy atom. The number of anilines is 1. The molecular formula is C30H32N4O3S. The standard InChI is InChI=1S/C30H32N4O3S/c1-37-24-16-14-23(15-17-24)31-28(36)30(18-8-3-9-19-30)34(20-22-10-4-2-5-11-22)27(35)21-38-29-32-25-12-6-7-13-26(25)33-29/h2,4-7,10-17H,3,8-9,18-21H2,1H3,(H,31,36)(H,32,33). The number of carbonyl (C=O) groups is 2. The average molecular weight is 529 g/mol. The lowest BCUT2D eigenvalue weighted by Gasteiger charge is -2.45. The molecule has 0 atom stereocenters. The van der Waals surface area contributed by atoms with E-state index in [9.17, 15) is 9.59 Å². The van der Waals surface area contributed by atoms with Crippen molar-refractivity contribution in [2.24, 2.45) is 0 Å². The monoisotopic (exact) mass is 528 g/mol. The Balaban J connectivity index is 1.42. The molecule has 0 unspecified atom stereocenters. The van der Waals surface area contributed by atoms with E-state index in [1.54, 1.807) is 7.11 Å². The summed E-state index contributed by atoms with van der Waals surface area (Å²) in [6.45, 7) is 0.371. The van der Waals surface area contributed by atoms with Gasteiger partial charge in [-0.3, -0.25) is 9.59 Å². The number of ether oxygens (including phenoxy) is 1. The molecule has 38 heavy (non-hydrogen) atoms. The van der Waals surface area contributed by atoms with Gasteiger partial charge in [-0.25, -0.2) is 4.98 Å². The number of thioether (sulfide) groups is 1. The van der Waals surface area contributed by atoms with Crippen molar-refractivity contribution in [1.29, 1.82) is 0 Å². The molecule has 4 aromatic rings. The third kappa shape index (κ3) is 5.70. The van der Waals surface area contributed by atoms with Crippen molar-refractivity contribution in [2.45, 2.75) is 49.3 Å². The van der Waals surface area contributed by atoms with E-state index >= 15 is 0 Å². The molecule has 2 amide bonds. The number of para-hydroxylation sites is 2. The van der Waals surface area contributed by atoms with Crippen LogP contribution in [0.1, 0.15) is 37.7 Å². The molecule has 0 aliphatic heterocycles. The van der Waals surface area contributed by atoms with Crippen LogP contribution in [0.5, 0.6) is 5.75 Å². The third-order valence-corrected chi connectivity index (χ3v) is 8.01. The summed E-state index contributed by atoms with van der Waals surface area (Å²) in [6, 6.07) is 25.0. The highest BCUT2D eigenvalue weighted by Gasteiger charge is 2.47. The van der Waals surface area contributed by atoms with E-state index in [0.717, 1.165) is 41.6 Å². The maximum atomic E-state index is 14.0. The van der Waals surface area contributed by atoms with Crippen molar-refractivity contribution in [3.8, 4) is 5.75 Å². The number of fused-ring (bicyclic) bond motifs is 1. The predicted molar refractivity (Wildman–Crippen MR) is 151 cm³/mol. The second-order valence-electron chi connectivity index (χ2n) is 9.59. The Morgan fingerprint density at radius 3 is 2.39 bits per heavy atom. The van der Waals surface area contributed by atoms with Crippen molar-refractivity contribution >= 4 is 40.3 Å². The van der Waals surface area contributed by atoms with E-state index in [0.29, 0.717) is 30.2 Å². The van der Waals surface area contributed by atoms with Gasteiger partial charge in [0.2, 0.25) is 11.8 Å². The number of benzene rings is 3. The molecule has 3 aromatic carbocycles. The molecule has 0 saturated heterocycles. The Labute approximate surface area is 227 Å². The number of hydrogen-bond acceptors (Lipinski definition) is 5. The molecule has 1 aliphatic rings. The van der Waals surface area contributed by atoms with E-state index in [1.807, 2.05) is 83.8 Å². The summed E-state index contributed by atoms with van der Waals surface area (Å²) >= 11 is 1.37. The quantitative estimate of drug-likeness (QED) is 0.259. The summed E-state index contributed by atoms with van der Waals surface area (Å²) in [7, 11) is 1.61. The number of carbonyl (C=O) groups excluding carboxylic acids is 2. The number of aromatic nitrogens is 2. The summed E-state index contributed by atoms with van der Waals surface area (Å²) in [5.41, 5.74) is 2.55. The Morgan fingerprint density at radius 1 is 0.974 bits per heavy atom. The van der Waals surface area contributed by atoms with Gasteiger partial charge in [-0.15, -0.1) is 0 Å². The van der Waals surface area contributed by atoms with Gasteiger partial charge < -0.3 is 19.9 Å². The summed E-state index contributed by atoms with van der Waals surface area (Å²) in [4.78, 5) is 37.7. The lowest BCUT2D eigenvalue weighted by molar-refractivity contribution is -0.146. The van der Waals surface area contributed by atoms with Gasteiger partial charge in [-0.05, 0) is 54.8 Å². The average Bonchev–Trinajstić information content (AvgIpc) is 3.39. The molecule has 8 heteroatoms. The maximum Gasteiger partial charge on any atom is 0.250 e. The SMILES string of the molecule is COc1ccc(NC(=O)C2(N(Cc3ccccc3)C(=O)CSc3nc4ccccc4[nH]3)CCCCC2)cc1. The van der Waals surface area contributed by atoms with Crippen LogP contribution in [0.25, 0.3) is 11.0 Å². The van der Waals surface area contributed by atoms with Gasteiger partial charge in [0.05, 0.1) is 23.9 Å². The second kappa shape index (κ2) is 11.7. The van der Waals surface area contributed by atoms with E-state index in [2.05, 4.69) is 15.3 Å². The van der Waals surface area contributed by atoms with Crippen LogP contribution in [0.2, 0.25) is 0 Å². The predicted octanol–water partition coefficient (Wildman–Crippen LogP) is 6.03. The van der Waals surface area contributed by atoms with Gasteiger partial charge >= 0.3 is 0 Å². The van der Waals surface area contributed by atoms with Gasteiger partial charge in [0.1, 0.15) is 11.3 Å². The number of rotatable bonds is 9. The van der Waals surface area contributed by atoms with E-state index in [-0.39, 0.29) is 17.6 Å². The number of nitrogens with one attached hydrogen (secondary N) is 2. The first-order chi connectivity index (χ1) is 18.6. The molecule has 196 valence electrons. The third-order valence-electron chi connectivity index (χ3n) is 7.15. The minimum Gasteiger partial charge on any atom is -0.497 e.